The Morgan fingerprint density at radius 3 is 1.87 bits per heavy atom. The highest BCUT2D eigenvalue weighted by molar-refractivity contribution is 7.21. The lowest BCUT2D eigenvalue weighted by molar-refractivity contribution is -0.136. The van der Waals surface area contributed by atoms with Crippen molar-refractivity contribution in [2.75, 3.05) is 27.3 Å². The van der Waals surface area contributed by atoms with Gasteiger partial charge in [-0.3, -0.25) is 9.59 Å². The molecule has 290 valence electrons. The molecule has 0 radical (unpaired) electrons. The number of alkyl carbamates (subject to hydrolysis) is 2. The van der Waals surface area contributed by atoms with E-state index in [1.807, 2.05) is 33.8 Å². The highest BCUT2D eigenvalue weighted by Gasteiger charge is 2.39. The van der Waals surface area contributed by atoms with Gasteiger partial charge in [-0.1, -0.05) is 45.9 Å². The van der Waals surface area contributed by atoms with E-state index in [9.17, 15) is 19.2 Å². The van der Waals surface area contributed by atoms with Gasteiger partial charge in [0.05, 0.1) is 60.3 Å². The molecule has 0 saturated carbocycles. The van der Waals surface area contributed by atoms with E-state index in [1.54, 1.807) is 33.5 Å². The number of carbonyl (C=O) groups excluding carboxylic acids is 4. The molecule has 4 unspecified atom stereocenters. The number of likely N-dealkylation sites (tertiary alicyclic amines) is 2. The first-order valence-electron chi connectivity index (χ1n) is 18.7. The number of nitrogens with one attached hydrogen (secondary N) is 4. The molecular formula is C39H47N9O6S. The molecular weight excluding hydrogens is 723 g/mol. The molecule has 55 heavy (non-hydrogen) atoms. The zero-order valence-electron chi connectivity index (χ0n) is 31.8. The number of carbonyl (C=O) groups is 4. The quantitative estimate of drug-likeness (QED) is 0.126. The normalized spacial score (nSPS) is 18.3. The van der Waals surface area contributed by atoms with E-state index in [-0.39, 0.29) is 35.7 Å². The molecule has 3 aromatic heterocycles. The summed E-state index contributed by atoms with van der Waals surface area (Å²) in [6, 6.07) is 8.52. The second kappa shape index (κ2) is 15.7. The Balaban J connectivity index is 1.09. The fourth-order valence-electron chi connectivity index (χ4n) is 7.66. The van der Waals surface area contributed by atoms with Crippen LogP contribution in [-0.2, 0) is 19.1 Å². The number of benzene rings is 2. The van der Waals surface area contributed by atoms with Gasteiger partial charge in [0.15, 0.2) is 0 Å². The molecule has 0 spiro atoms. The summed E-state index contributed by atoms with van der Waals surface area (Å²) in [4.78, 5) is 76.1. The molecule has 0 bridgehead atoms. The van der Waals surface area contributed by atoms with Gasteiger partial charge in [-0.15, -0.1) is 11.3 Å². The monoisotopic (exact) mass is 769 g/mol. The van der Waals surface area contributed by atoms with E-state index >= 15 is 0 Å². The second-order valence-electron chi connectivity index (χ2n) is 14.8. The Kier molecular flexibility index (Phi) is 10.8. The van der Waals surface area contributed by atoms with Gasteiger partial charge in [-0.25, -0.2) is 24.5 Å². The fourth-order valence-corrected chi connectivity index (χ4v) is 8.60. The number of H-pyrrole nitrogens is 2. The van der Waals surface area contributed by atoms with Crippen LogP contribution in [0.4, 0.5) is 9.59 Å². The number of fused-ring (bicyclic) bond motifs is 3. The third-order valence-electron chi connectivity index (χ3n) is 10.6. The number of aromatic nitrogens is 5. The van der Waals surface area contributed by atoms with Gasteiger partial charge in [0.1, 0.15) is 28.7 Å². The van der Waals surface area contributed by atoms with Gasteiger partial charge < -0.3 is 39.9 Å². The summed E-state index contributed by atoms with van der Waals surface area (Å²) in [7, 11) is 2.57. The summed E-state index contributed by atoms with van der Waals surface area (Å²) in [5.74, 6) is 0.868. The number of amides is 4. The van der Waals surface area contributed by atoms with Crippen molar-refractivity contribution in [1.29, 1.82) is 0 Å². The smallest absolute Gasteiger partial charge is 0.407 e. The first-order valence-corrected chi connectivity index (χ1v) is 19.5. The van der Waals surface area contributed by atoms with Crippen molar-refractivity contribution >= 4 is 56.3 Å². The average Bonchev–Trinajstić information content (AvgIpc) is 4.03. The van der Waals surface area contributed by atoms with Crippen molar-refractivity contribution in [3.63, 3.8) is 0 Å². The molecule has 2 aliphatic rings. The Labute approximate surface area is 322 Å². The minimum Gasteiger partial charge on any atom is -0.453 e. The van der Waals surface area contributed by atoms with Gasteiger partial charge >= 0.3 is 12.2 Å². The maximum Gasteiger partial charge on any atom is 0.407 e. The number of methoxy groups -OCH3 is 2. The Hall–Kier alpha value is -5.51. The van der Waals surface area contributed by atoms with Crippen LogP contribution in [0.5, 0.6) is 0 Å². The maximum atomic E-state index is 13.6. The zero-order chi connectivity index (χ0) is 39.0. The Bertz CT molecular complexity index is 2230. The maximum absolute atomic E-state index is 13.6. The molecule has 2 fully saturated rings. The molecule has 4 N–H and O–H groups in total. The summed E-state index contributed by atoms with van der Waals surface area (Å²) < 4.78 is 10.6. The van der Waals surface area contributed by atoms with Gasteiger partial charge in [-0.05, 0) is 55.0 Å². The van der Waals surface area contributed by atoms with E-state index in [4.69, 9.17) is 24.4 Å². The molecule has 15 nitrogen and oxygen atoms in total. The van der Waals surface area contributed by atoms with Crippen molar-refractivity contribution in [3.05, 3.63) is 54.4 Å². The van der Waals surface area contributed by atoms with Gasteiger partial charge in [0.2, 0.25) is 11.8 Å². The van der Waals surface area contributed by atoms with Crippen LogP contribution in [0.1, 0.15) is 77.1 Å². The van der Waals surface area contributed by atoms with E-state index in [1.165, 1.54) is 14.2 Å². The third-order valence-corrected chi connectivity index (χ3v) is 11.6. The second-order valence-corrected chi connectivity index (χ2v) is 15.9. The van der Waals surface area contributed by atoms with Crippen molar-refractivity contribution in [2.45, 2.75) is 77.5 Å². The molecule has 7 rings (SSSR count). The van der Waals surface area contributed by atoms with Crippen LogP contribution >= 0.6 is 11.3 Å². The lowest BCUT2D eigenvalue weighted by Gasteiger charge is -2.30. The molecule has 0 aliphatic carbocycles. The predicted octanol–water partition coefficient (Wildman–Crippen LogP) is 6.32. The average molecular weight is 770 g/mol. The highest BCUT2D eigenvalue weighted by Crippen LogP contribution is 2.38. The van der Waals surface area contributed by atoms with Crippen LogP contribution in [0.25, 0.3) is 42.9 Å². The molecule has 2 saturated heterocycles. The SMILES string of the molecule is COC(=O)NC(C(=O)N1CCCC1c1ncc(-c2ccc3c(ccc4sc(-c5cnc(C6CCCN6C(=O)C(NC(=O)OC)C(C)C)[nH]5)nc43)c2)[nH]1)C(C)C. The summed E-state index contributed by atoms with van der Waals surface area (Å²) >= 11 is 1.57. The van der Waals surface area contributed by atoms with Gasteiger partial charge in [0, 0.05) is 24.0 Å². The Morgan fingerprint density at radius 2 is 1.33 bits per heavy atom. The molecule has 5 aromatic rings. The third kappa shape index (κ3) is 7.46. The number of thiazole rings is 1. The van der Waals surface area contributed by atoms with Crippen molar-refractivity contribution < 1.29 is 28.7 Å². The van der Waals surface area contributed by atoms with Crippen LogP contribution in [0.2, 0.25) is 0 Å². The summed E-state index contributed by atoms with van der Waals surface area (Å²) in [5.41, 5.74) is 3.46. The summed E-state index contributed by atoms with van der Waals surface area (Å²) in [6.07, 6.45) is 5.51. The van der Waals surface area contributed by atoms with E-state index in [0.717, 1.165) is 68.6 Å². The van der Waals surface area contributed by atoms with Gasteiger partial charge in [-0.2, -0.15) is 0 Å². The molecule has 5 heterocycles. The van der Waals surface area contributed by atoms with Crippen LogP contribution < -0.4 is 10.6 Å². The Morgan fingerprint density at radius 1 is 0.782 bits per heavy atom. The summed E-state index contributed by atoms with van der Waals surface area (Å²) in [5, 5.41) is 8.22. The molecule has 4 atom stereocenters. The largest absolute Gasteiger partial charge is 0.453 e. The highest BCUT2D eigenvalue weighted by atomic mass is 32.1. The lowest BCUT2D eigenvalue weighted by Crippen LogP contribution is -2.51. The van der Waals surface area contributed by atoms with E-state index in [2.05, 4.69) is 44.9 Å². The minimum absolute atomic E-state index is 0.114. The first kappa shape index (κ1) is 37.8. The number of aromatic amines is 2. The van der Waals surface area contributed by atoms with E-state index < -0.39 is 24.3 Å². The van der Waals surface area contributed by atoms with E-state index in [0.29, 0.717) is 24.7 Å². The number of hydrogen-bond acceptors (Lipinski definition) is 10. The number of rotatable bonds is 10. The van der Waals surface area contributed by atoms with Crippen molar-refractivity contribution in [2.24, 2.45) is 11.8 Å². The van der Waals surface area contributed by atoms with Crippen molar-refractivity contribution in [3.8, 4) is 22.0 Å². The molecule has 4 amide bonds. The number of hydrogen-bond donors (Lipinski definition) is 4. The van der Waals surface area contributed by atoms with Crippen LogP contribution in [0.3, 0.4) is 0 Å². The van der Waals surface area contributed by atoms with Crippen molar-refractivity contribution in [1.82, 2.24) is 45.4 Å². The first-order chi connectivity index (χ1) is 26.5. The lowest BCUT2D eigenvalue weighted by atomic mass is 10.0. The standard InChI is InChI=1S/C39H47N9O6S/c1-20(2)30(45-38(51)53-5)36(49)47-15-7-9-27(47)33-40-18-25(42-33)23-11-13-24-22(17-23)12-14-29-32(24)44-35(55-29)26-19-41-34(43-26)28-10-8-16-48(28)37(50)31(21(3)4)46-39(52)54-6/h11-14,17-21,27-28,30-31H,7-10,15-16H2,1-6H3,(H,40,42)(H,41,43)(H,45,51)(H,46,52). The fraction of sp³-hybridized carbons (Fsp3) is 0.462. The topological polar surface area (TPSA) is 188 Å². The van der Waals surface area contributed by atoms with Crippen LogP contribution in [0, 0.1) is 11.8 Å². The number of nitrogens with zero attached hydrogens (tertiary/aromatic N) is 5. The zero-order valence-corrected chi connectivity index (χ0v) is 32.7. The van der Waals surface area contributed by atoms with Crippen LogP contribution in [0.15, 0.2) is 42.7 Å². The van der Waals surface area contributed by atoms with Gasteiger partial charge in [0.25, 0.3) is 0 Å². The number of imidazole rings is 2. The molecule has 2 aromatic carbocycles. The predicted molar refractivity (Wildman–Crippen MR) is 208 cm³/mol. The summed E-state index contributed by atoms with van der Waals surface area (Å²) in [6.45, 7) is 8.75. The molecule has 2 aliphatic heterocycles. The molecule has 16 heteroatoms. The van der Waals surface area contributed by atoms with Crippen LogP contribution in [-0.4, -0.2) is 98.1 Å². The minimum atomic E-state index is -0.704. The number of ether oxygens (including phenoxy) is 2.